The van der Waals surface area contributed by atoms with Crippen LogP contribution in [0, 0.1) is 11.3 Å². The first-order chi connectivity index (χ1) is 10.6. The fourth-order valence-electron chi connectivity index (χ4n) is 1.75. The number of ether oxygens (including phenoxy) is 1. The van der Waals surface area contributed by atoms with E-state index in [1.807, 2.05) is 6.07 Å². The van der Waals surface area contributed by atoms with Crippen molar-refractivity contribution in [3.8, 4) is 23.1 Å². The van der Waals surface area contributed by atoms with E-state index in [1.54, 1.807) is 37.4 Å². The molecule has 0 spiro atoms. The second kappa shape index (κ2) is 6.91. The maximum absolute atomic E-state index is 11.9. The second-order valence-electron chi connectivity index (χ2n) is 4.26. The van der Waals surface area contributed by atoms with E-state index < -0.39 is 5.56 Å². The zero-order chi connectivity index (χ0) is 16.1. The number of hydrogen-bond acceptors (Lipinski definition) is 6. The molecule has 1 aromatic carbocycles. The van der Waals surface area contributed by atoms with E-state index in [4.69, 9.17) is 10.00 Å². The normalized spacial score (nSPS) is 10.0. The van der Waals surface area contributed by atoms with Crippen LogP contribution in [-0.4, -0.2) is 22.2 Å². The van der Waals surface area contributed by atoms with Gasteiger partial charge in [0.2, 0.25) is 0 Å². The van der Waals surface area contributed by atoms with Crippen molar-refractivity contribution >= 4 is 17.7 Å². The topological polar surface area (TPSA) is 95.8 Å². The first-order valence-corrected chi connectivity index (χ1v) is 7.71. The van der Waals surface area contributed by atoms with Gasteiger partial charge in [0, 0.05) is 12.0 Å². The number of carbonyl (C=O) groups excluding carboxylic acids is 1. The Morgan fingerprint density at radius 3 is 2.64 bits per heavy atom. The van der Waals surface area contributed by atoms with Gasteiger partial charge in [0.15, 0.2) is 5.16 Å². The lowest BCUT2D eigenvalue weighted by atomic mass is 10.1. The Balaban J connectivity index is 2.44. The molecule has 0 saturated carbocycles. The van der Waals surface area contributed by atoms with E-state index in [0.29, 0.717) is 22.2 Å². The van der Waals surface area contributed by atoms with Gasteiger partial charge in [0.05, 0.1) is 5.69 Å². The molecule has 0 aliphatic rings. The number of hydrogen-bond donors (Lipinski definition) is 1. The van der Waals surface area contributed by atoms with Crippen LogP contribution >= 0.6 is 11.8 Å². The third-order valence-electron chi connectivity index (χ3n) is 2.85. The van der Waals surface area contributed by atoms with Crippen LogP contribution < -0.4 is 10.3 Å². The summed E-state index contributed by atoms with van der Waals surface area (Å²) < 4.78 is 5.08. The monoisotopic (exact) mass is 315 g/mol. The molecule has 0 atom stereocenters. The number of aromatic amines is 1. The lowest BCUT2D eigenvalue weighted by Crippen LogP contribution is -2.14. The average molecular weight is 315 g/mol. The number of thioether (sulfide) groups is 1. The minimum absolute atomic E-state index is 0.0453. The molecule has 0 aliphatic carbocycles. The molecule has 0 radical (unpaired) electrons. The largest absolute Gasteiger partial charge is 0.427 e. The zero-order valence-electron chi connectivity index (χ0n) is 12.0. The van der Waals surface area contributed by atoms with E-state index in [2.05, 4.69) is 9.97 Å². The molecule has 0 fully saturated rings. The summed E-state index contributed by atoms with van der Waals surface area (Å²) in [5.74, 6) is 0.0773. The molecule has 0 saturated heterocycles. The highest BCUT2D eigenvalue weighted by molar-refractivity contribution is 7.98. The van der Waals surface area contributed by atoms with Crippen molar-refractivity contribution in [1.29, 1.82) is 5.26 Å². The summed E-state index contributed by atoms with van der Waals surface area (Å²) in [5.41, 5.74) is 0.396. The standard InChI is InChI=1S/C15H13N3O3S/c1-3-12(19)21-10-6-4-9(5-7-10)13-11(8-16)14(20)18-15(17-13)22-2/h4-7H,3H2,1-2H3,(H,17,18,20). The van der Waals surface area contributed by atoms with Crippen LogP contribution in [0.25, 0.3) is 11.3 Å². The second-order valence-corrected chi connectivity index (χ2v) is 5.06. The Morgan fingerprint density at radius 2 is 2.09 bits per heavy atom. The molecule has 22 heavy (non-hydrogen) atoms. The van der Waals surface area contributed by atoms with E-state index in [0.717, 1.165) is 0 Å². The van der Waals surface area contributed by atoms with Crippen molar-refractivity contribution in [2.75, 3.05) is 6.26 Å². The SMILES string of the molecule is CCC(=O)Oc1ccc(-c2nc(SC)[nH]c(=O)c2C#N)cc1. The summed E-state index contributed by atoms with van der Waals surface area (Å²) in [7, 11) is 0. The molecule has 1 N–H and O–H groups in total. The Labute approximate surface area is 131 Å². The van der Waals surface area contributed by atoms with Crippen molar-refractivity contribution in [1.82, 2.24) is 9.97 Å². The number of aromatic nitrogens is 2. The highest BCUT2D eigenvalue weighted by atomic mass is 32.2. The molecule has 0 unspecified atom stereocenters. The summed E-state index contributed by atoms with van der Waals surface area (Å²) in [6.07, 6.45) is 2.06. The van der Waals surface area contributed by atoms with Gasteiger partial charge in [-0.05, 0) is 30.5 Å². The Kier molecular flexibility index (Phi) is 4.96. The highest BCUT2D eigenvalue weighted by Gasteiger charge is 2.13. The lowest BCUT2D eigenvalue weighted by Gasteiger charge is -2.07. The third kappa shape index (κ3) is 3.35. The van der Waals surface area contributed by atoms with Crippen molar-refractivity contribution < 1.29 is 9.53 Å². The number of rotatable bonds is 4. The van der Waals surface area contributed by atoms with Crippen LogP contribution in [0.1, 0.15) is 18.9 Å². The smallest absolute Gasteiger partial charge is 0.310 e. The van der Waals surface area contributed by atoms with Crippen molar-refractivity contribution in [2.45, 2.75) is 18.5 Å². The number of esters is 1. The molecule has 0 amide bonds. The number of carbonyl (C=O) groups is 1. The predicted octanol–water partition coefficient (Wildman–Crippen LogP) is 2.35. The van der Waals surface area contributed by atoms with Crippen LogP contribution in [0.15, 0.2) is 34.2 Å². The van der Waals surface area contributed by atoms with Gasteiger partial charge in [-0.2, -0.15) is 5.26 Å². The van der Waals surface area contributed by atoms with Gasteiger partial charge in [0.1, 0.15) is 17.4 Å². The molecule has 2 rings (SSSR count). The van der Waals surface area contributed by atoms with Gasteiger partial charge in [-0.25, -0.2) is 4.98 Å². The van der Waals surface area contributed by atoms with Gasteiger partial charge in [-0.1, -0.05) is 18.7 Å². The lowest BCUT2D eigenvalue weighted by molar-refractivity contribution is -0.134. The highest BCUT2D eigenvalue weighted by Crippen LogP contribution is 2.23. The molecule has 6 nitrogen and oxygen atoms in total. The third-order valence-corrected chi connectivity index (χ3v) is 3.43. The number of nitrogens with one attached hydrogen (secondary N) is 1. The van der Waals surface area contributed by atoms with Crippen LogP contribution in [0.4, 0.5) is 0 Å². The van der Waals surface area contributed by atoms with Crippen molar-refractivity contribution in [2.24, 2.45) is 0 Å². The average Bonchev–Trinajstić information content (AvgIpc) is 2.54. The van der Waals surface area contributed by atoms with E-state index >= 15 is 0 Å². The molecule has 1 aromatic heterocycles. The van der Waals surface area contributed by atoms with Gasteiger partial charge < -0.3 is 9.72 Å². The Morgan fingerprint density at radius 1 is 1.41 bits per heavy atom. The maximum Gasteiger partial charge on any atom is 0.310 e. The van der Waals surface area contributed by atoms with Crippen molar-refractivity contribution in [3.05, 3.63) is 40.2 Å². The molecule has 2 aromatic rings. The molecular formula is C15H13N3O3S. The molecule has 1 heterocycles. The number of benzene rings is 1. The van der Waals surface area contributed by atoms with Crippen molar-refractivity contribution in [3.63, 3.8) is 0 Å². The summed E-state index contributed by atoms with van der Waals surface area (Å²) >= 11 is 1.28. The minimum Gasteiger partial charge on any atom is -0.427 e. The fraction of sp³-hybridized carbons (Fsp3) is 0.200. The van der Waals surface area contributed by atoms with E-state index in [-0.39, 0.29) is 18.0 Å². The van der Waals surface area contributed by atoms with Crippen LogP contribution in [0.5, 0.6) is 5.75 Å². The van der Waals surface area contributed by atoms with E-state index in [1.165, 1.54) is 11.8 Å². The summed E-state index contributed by atoms with van der Waals surface area (Å²) in [4.78, 5) is 29.9. The molecule has 7 heteroatoms. The van der Waals surface area contributed by atoms with E-state index in [9.17, 15) is 9.59 Å². The summed E-state index contributed by atoms with van der Waals surface area (Å²) in [6, 6.07) is 8.39. The quantitative estimate of drug-likeness (QED) is 0.403. The molecule has 0 bridgehead atoms. The Hall–Kier alpha value is -2.59. The zero-order valence-corrected chi connectivity index (χ0v) is 12.9. The predicted molar refractivity (Wildman–Crippen MR) is 82.7 cm³/mol. The maximum atomic E-state index is 11.9. The number of nitriles is 1. The molecular weight excluding hydrogens is 302 g/mol. The van der Waals surface area contributed by atoms with Gasteiger partial charge >= 0.3 is 5.97 Å². The Bertz CT molecular complexity index is 791. The van der Waals surface area contributed by atoms with Gasteiger partial charge in [-0.15, -0.1) is 0 Å². The van der Waals surface area contributed by atoms with Crippen LogP contribution in [-0.2, 0) is 4.79 Å². The number of nitrogens with zero attached hydrogens (tertiary/aromatic N) is 2. The summed E-state index contributed by atoms with van der Waals surface area (Å²) in [5, 5.41) is 9.57. The fourth-order valence-corrected chi connectivity index (χ4v) is 2.12. The van der Waals surface area contributed by atoms with Gasteiger partial charge in [0.25, 0.3) is 5.56 Å². The van der Waals surface area contributed by atoms with Gasteiger partial charge in [-0.3, -0.25) is 9.59 Å². The molecule has 112 valence electrons. The summed E-state index contributed by atoms with van der Waals surface area (Å²) in [6.45, 7) is 1.71. The van der Waals surface area contributed by atoms with Crippen LogP contribution in [0.3, 0.4) is 0 Å². The van der Waals surface area contributed by atoms with Crippen LogP contribution in [0.2, 0.25) is 0 Å². The first-order valence-electron chi connectivity index (χ1n) is 6.48. The molecule has 0 aliphatic heterocycles. The first kappa shape index (κ1) is 15.8. The minimum atomic E-state index is -0.474. The number of H-pyrrole nitrogens is 1.